The predicted octanol–water partition coefficient (Wildman–Crippen LogP) is 2.82. The van der Waals surface area contributed by atoms with Gasteiger partial charge in [-0.15, -0.1) is 11.3 Å². The Bertz CT molecular complexity index is 507. The molecule has 15 heavy (non-hydrogen) atoms. The summed E-state index contributed by atoms with van der Waals surface area (Å²) in [4.78, 5) is 16.3. The fourth-order valence-corrected chi connectivity index (χ4v) is 1.98. The number of hydrogen-bond donors (Lipinski definition) is 0. The van der Waals surface area contributed by atoms with Crippen molar-refractivity contribution in [1.29, 1.82) is 0 Å². The lowest BCUT2D eigenvalue weighted by Crippen LogP contribution is -1.98. The number of halogens is 1. The van der Waals surface area contributed by atoms with E-state index in [0.29, 0.717) is 10.4 Å². The minimum Gasteiger partial charge on any atom is -0.288 e. The minimum atomic E-state index is -0.401. The first-order valence-electron chi connectivity index (χ1n) is 4.39. The Morgan fingerprint density at radius 2 is 2.27 bits per heavy atom. The van der Waals surface area contributed by atoms with Crippen molar-refractivity contribution >= 4 is 17.1 Å². The van der Waals surface area contributed by atoms with Crippen molar-refractivity contribution in [1.82, 2.24) is 4.98 Å². The van der Waals surface area contributed by atoms with E-state index in [4.69, 9.17) is 0 Å². The van der Waals surface area contributed by atoms with Gasteiger partial charge in [0.15, 0.2) is 0 Å². The van der Waals surface area contributed by atoms with Gasteiger partial charge in [0, 0.05) is 11.8 Å². The van der Waals surface area contributed by atoms with Gasteiger partial charge in [-0.3, -0.25) is 4.79 Å². The van der Waals surface area contributed by atoms with Crippen molar-refractivity contribution in [2.24, 2.45) is 0 Å². The molecule has 0 atom stereocenters. The zero-order chi connectivity index (χ0) is 10.8. The molecule has 0 spiro atoms. The molecule has 0 aliphatic carbocycles. The van der Waals surface area contributed by atoms with E-state index < -0.39 is 5.82 Å². The number of aromatic nitrogens is 1. The number of rotatable bonds is 2. The van der Waals surface area contributed by atoms with E-state index in [0.717, 1.165) is 5.01 Å². The maximum atomic E-state index is 12.9. The highest BCUT2D eigenvalue weighted by Gasteiger charge is 2.12. The molecule has 0 radical (unpaired) electrons. The number of benzene rings is 1. The fourth-order valence-electron chi connectivity index (χ4n) is 1.24. The summed E-state index contributed by atoms with van der Waals surface area (Å²) in [5.41, 5.74) is 0.360. The van der Waals surface area contributed by atoms with Crippen LogP contribution in [0.5, 0.6) is 0 Å². The van der Waals surface area contributed by atoms with Crippen LogP contribution in [0.2, 0.25) is 0 Å². The lowest BCUT2D eigenvalue weighted by Gasteiger charge is -1.96. The van der Waals surface area contributed by atoms with Crippen LogP contribution in [0, 0.1) is 12.7 Å². The Morgan fingerprint density at radius 1 is 1.47 bits per heavy atom. The average Bonchev–Trinajstić information content (AvgIpc) is 2.64. The summed E-state index contributed by atoms with van der Waals surface area (Å²) >= 11 is 1.31. The average molecular weight is 221 g/mol. The molecule has 2 rings (SSSR count). The van der Waals surface area contributed by atoms with Gasteiger partial charge in [-0.1, -0.05) is 12.1 Å². The maximum Gasteiger partial charge on any atom is 0.204 e. The molecule has 1 aromatic heterocycles. The van der Waals surface area contributed by atoms with Gasteiger partial charge in [0.05, 0.1) is 9.88 Å². The Morgan fingerprint density at radius 3 is 2.87 bits per heavy atom. The molecule has 0 saturated carbocycles. The van der Waals surface area contributed by atoms with Gasteiger partial charge < -0.3 is 0 Å². The van der Waals surface area contributed by atoms with Gasteiger partial charge in [0.2, 0.25) is 5.78 Å². The molecule has 0 saturated heterocycles. The highest BCUT2D eigenvalue weighted by Crippen LogP contribution is 2.17. The number of nitrogens with zero attached hydrogens (tertiary/aromatic N) is 1. The molecule has 1 heterocycles. The van der Waals surface area contributed by atoms with Crippen molar-refractivity contribution in [2.45, 2.75) is 6.92 Å². The smallest absolute Gasteiger partial charge is 0.204 e. The van der Waals surface area contributed by atoms with Crippen LogP contribution in [-0.4, -0.2) is 10.8 Å². The third-order valence-electron chi connectivity index (χ3n) is 1.93. The van der Waals surface area contributed by atoms with Crippen LogP contribution in [-0.2, 0) is 0 Å². The molecule has 2 nitrogen and oxygen atoms in total. The largest absolute Gasteiger partial charge is 0.288 e. The number of hydrogen-bond acceptors (Lipinski definition) is 3. The van der Waals surface area contributed by atoms with Crippen molar-refractivity contribution in [2.75, 3.05) is 0 Å². The van der Waals surface area contributed by atoms with Gasteiger partial charge in [0.1, 0.15) is 5.82 Å². The van der Waals surface area contributed by atoms with E-state index in [-0.39, 0.29) is 5.78 Å². The second kappa shape index (κ2) is 3.90. The Hall–Kier alpha value is -1.55. The van der Waals surface area contributed by atoms with Crippen LogP contribution in [0.1, 0.15) is 20.2 Å². The van der Waals surface area contributed by atoms with E-state index in [2.05, 4.69) is 4.98 Å². The maximum absolute atomic E-state index is 12.9. The Balaban J connectivity index is 2.36. The van der Waals surface area contributed by atoms with Crippen LogP contribution >= 0.6 is 11.3 Å². The van der Waals surface area contributed by atoms with Gasteiger partial charge in [-0.05, 0) is 19.1 Å². The van der Waals surface area contributed by atoms with Gasteiger partial charge in [-0.25, -0.2) is 9.37 Å². The monoisotopic (exact) mass is 221 g/mol. The summed E-state index contributed by atoms with van der Waals surface area (Å²) < 4.78 is 12.9. The summed E-state index contributed by atoms with van der Waals surface area (Å²) in [6, 6.07) is 5.67. The third-order valence-corrected chi connectivity index (χ3v) is 2.84. The van der Waals surface area contributed by atoms with Gasteiger partial charge >= 0.3 is 0 Å². The molecular formula is C11H8FNOS. The summed E-state index contributed by atoms with van der Waals surface area (Å²) in [6.07, 6.45) is 1.52. The van der Waals surface area contributed by atoms with Gasteiger partial charge in [-0.2, -0.15) is 0 Å². The SMILES string of the molecule is Cc1ncc(C(=O)c2cccc(F)c2)s1. The van der Waals surface area contributed by atoms with Crippen LogP contribution in [0.4, 0.5) is 4.39 Å². The normalized spacial score (nSPS) is 10.3. The number of ketones is 1. The highest BCUT2D eigenvalue weighted by molar-refractivity contribution is 7.13. The topological polar surface area (TPSA) is 30.0 Å². The fraction of sp³-hybridized carbons (Fsp3) is 0.0909. The minimum absolute atomic E-state index is 0.180. The summed E-state index contributed by atoms with van der Waals surface area (Å²) in [7, 11) is 0. The zero-order valence-electron chi connectivity index (χ0n) is 8.03. The predicted molar refractivity (Wildman–Crippen MR) is 56.7 cm³/mol. The first kappa shape index (κ1) is 9.98. The lowest BCUT2D eigenvalue weighted by molar-refractivity contribution is 0.104. The third kappa shape index (κ3) is 2.10. The number of carbonyl (C=O) groups excluding carboxylic acids is 1. The van der Waals surface area contributed by atoms with Crippen molar-refractivity contribution < 1.29 is 9.18 Å². The molecule has 0 aliphatic heterocycles. The Labute approximate surface area is 90.4 Å². The van der Waals surface area contributed by atoms with E-state index in [9.17, 15) is 9.18 Å². The van der Waals surface area contributed by atoms with Crippen molar-refractivity contribution in [3.8, 4) is 0 Å². The number of aryl methyl sites for hydroxylation is 1. The number of carbonyl (C=O) groups is 1. The summed E-state index contributed by atoms with van der Waals surface area (Å²) in [5, 5.41) is 0.828. The molecule has 0 N–H and O–H groups in total. The molecule has 0 amide bonds. The first-order valence-corrected chi connectivity index (χ1v) is 5.21. The molecule has 0 aliphatic rings. The second-order valence-electron chi connectivity index (χ2n) is 3.08. The standard InChI is InChI=1S/C11H8FNOS/c1-7-13-6-10(15-7)11(14)8-3-2-4-9(12)5-8/h2-6H,1H3. The molecule has 0 fully saturated rings. The molecule has 76 valence electrons. The lowest BCUT2D eigenvalue weighted by atomic mass is 10.1. The Kier molecular flexibility index (Phi) is 2.60. The van der Waals surface area contributed by atoms with Crippen LogP contribution in [0.3, 0.4) is 0 Å². The zero-order valence-corrected chi connectivity index (χ0v) is 8.84. The van der Waals surface area contributed by atoms with E-state index in [1.54, 1.807) is 6.07 Å². The molecule has 0 bridgehead atoms. The van der Waals surface area contributed by atoms with Crippen molar-refractivity contribution in [3.63, 3.8) is 0 Å². The second-order valence-corrected chi connectivity index (χ2v) is 4.32. The summed E-state index contributed by atoms with van der Waals surface area (Å²) in [6.45, 7) is 1.83. The van der Waals surface area contributed by atoms with Crippen molar-refractivity contribution in [3.05, 3.63) is 51.7 Å². The van der Waals surface area contributed by atoms with Gasteiger partial charge in [0.25, 0.3) is 0 Å². The van der Waals surface area contributed by atoms with Crippen LogP contribution < -0.4 is 0 Å². The highest BCUT2D eigenvalue weighted by atomic mass is 32.1. The molecular weight excluding hydrogens is 213 g/mol. The quantitative estimate of drug-likeness (QED) is 0.730. The van der Waals surface area contributed by atoms with E-state index in [1.165, 1.54) is 35.7 Å². The molecule has 2 aromatic rings. The summed E-state index contributed by atoms with van der Waals surface area (Å²) in [5.74, 6) is -0.581. The van der Waals surface area contributed by atoms with E-state index in [1.807, 2.05) is 6.92 Å². The van der Waals surface area contributed by atoms with E-state index >= 15 is 0 Å². The number of thiazole rings is 1. The molecule has 4 heteroatoms. The first-order chi connectivity index (χ1) is 7.16. The molecule has 0 unspecified atom stereocenters. The van der Waals surface area contributed by atoms with Crippen LogP contribution in [0.25, 0.3) is 0 Å². The molecule has 1 aromatic carbocycles. The van der Waals surface area contributed by atoms with Crippen LogP contribution in [0.15, 0.2) is 30.5 Å².